The lowest BCUT2D eigenvalue weighted by molar-refractivity contribution is -0.145. The van der Waals surface area contributed by atoms with Crippen LogP contribution in [0.2, 0.25) is 0 Å². The quantitative estimate of drug-likeness (QED) is 0.785. The second-order valence-corrected chi connectivity index (χ2v) is 6.74. The van der Waals surface area contributed by atoms with E-state index in [9.17, 15) is 9.59 Å². The van der Waals surface area contributed by atoms with E-state index in [0.29, 0.717) is 18.8 Å². The summed E-state index contributed by atoms with van der Waals surface area (Å²) in [7, 11) is 1.35. The first kappa shape index (κ1) is 17.0. The largest absolute Gasteiger partial charge is 0.467 e. The number of carbonyl (C=O) groups is 2. The lowest BCUT2D eigenvalue weighted by Crippen LogP contribution is -2.43. The van der Waals surface area contributed by atoms with Gasteiger partial charge in [0.2, 0.25) is 5.91 Å². The second kappa shape index (κ2) is 8.32. The van der Waals surface area contributed by atoms with Crippen molar-refractivity contribution in [3.05, 3.63) is 34.3 Å². The number of rotatable bonds is 6. The van der Waals surface area contributed by atoms with Gasteiger partial charge in [-0.05, 0) is 36.5 Å². The Morgan fingerprint density at radius 2 is 1.91 bits per heavy atom. The van der Waals surface area contributed by atoms with Gasteiger partial charge in [-0.1, -0.05) is 40.9 Å². The number of esters is 1. The minimum atomic E-state index is -0.625. The van der Waals surface area contributed by atoms with Crippen molar-refractivity contribution in [1.82, 2.24) is 5.32 Å². The number of benzene rings is 1. The topological polar surface area (TPSA) is 55.4 Å². The summed E-state index contributed by atoms with van der Waals surface area (Å²) in [6, 6.07) is 7.08. The number of methoxy groups -OCH3 is 1. The van der Waals surface area contributed by atoms with Crippen molar-refractivity contribution in [3.8, 4) is 0 Å². The zero-order chi connectivity index (χ0) is 15.9. The number of nitrogens with one attached hydrogen (secondary N) is 1. The van der Waals surface area contributed by atoms with Crippen molar-refractivity contribution in [2.45, 2.75) is 44.6 Å². The molecule has 5 heteroatoms. The molecular formula is C17H22BrNO3. The maximum absolute atomic E-state index is 12.1. The zero-order valence-corrected chi connectivity index (χ0v) is 14.4. The van der Waals surface area contributed by atoms with E-state index in [1.54, 1.807) is 0 Å². The molecule has 1 fully saturated rings. The summed E-state index contributed by atoms with van der Waals surface area (Å²) in [6.07, 6.45) is 5.59. The van der Waals surface area contributed by atoms with E-state index in [4.69, 9.17) is 4.74 Å². The van der Waals surface area contributed by atoms with Gasteiger partial charge in [-0.3, -0.25) is 4.79 Å². The van der Waals surface area contributed by atoms with Gasteiger partial charge in [0.15, 0.2) is 0 Å². The van der Waals surface area contributed by atoms with E-state index in [1.165, 1.54) is 20.0 Å². The van der Waals surface area contributed by atoms with Crippen LogP contribution in [0, 0.1) is 5.92 Å². The second-order valence-electron chi connectivity index (χ2n) is 5.83. The average molecular weight is 368 g/mol. The van der Waals surface area contributed by atoms with Crippen LogP contribution in [-0.4, -0.2) is 25.0 Å². The van der Waals surface area contributed by atoms with Gasteiger partial charge < -0.3 is 10.1 Å². The first-order valence-corrected chi connectivity index (χ1v) is 8.49. The van der Waals surface area contributed by atoms with Gasteiger partial charge in [-0.25, -0.2) is 4.79 Å². The van der Waals surface area contributed by atoms with E-state index in [1.807, 2.05) is 24.3 Å². The minimum Gasteiger partial charge on any atom is -0.467 e. The number of ether oxygens (including phenoxy) is 1. The molecule has 0 aromatic heterocycles. The molecule has 1 aliphatic rings. The molecule has 0 spiro atoms. The number of carbonyl (C=O) groups excluding carboxylic acids is 2. The molecule has 0 saturated heterocycles. The predicted octanol–water partition coefficient (Wildman–Crippen LogP) is 3.23. The predicted molar refractivity (Wildman–Crippen MR) is 88.4 cm³/mol. The van der Waals surface area contributed by atoms with E-state index in [0.717, 1.165) is 22.9 Å². The molecule has 1 atom stereocenters. The average Bonchev–Trinajstić information content (AvgIpc) is 3.00. The molecule has 0 radical (unpaired) electrons. The molecule has 1 aliphatic carbocycles. The van der Waals surface area contributed by atoms with Gasteiger partial charge in [0, 0.05) is 17.3 Å². The van der Waals surface area contributed by atoms with E-state index in [2.05, 4.69) is 21.2 Å². The Labute approximate surface area is 139 Å². The fourth-order valence-corrected chi connectivity index (χ4v) is 3.19. The summed E-state index contributed by atoms with van der Waals surface area (Å²) in [4.78, 5) is 24.1. The molecule has 0 bridgehead atoms. The molecule has 0 aliphatic heterocycles. The zero-order valence-electron chi connectivity index (χ0n) is 12.8. The van der Waals surface area contributed by atoms with Gasteiger partial charge in [0.25, 0.3) is 0 Å². The van der Waals surface area contributed by atoms with Crippen LogP contribution in [-0.2, 0) is 20.7 Å². The van der Waals surface area contributed by atoms with Gasteiger partial charge in [-0.15, -0.1) is 0 Å². The molecule has 0 unspecified atom stereocenters. The molecule has 22 heavy (non-hydrogen) atoms. The van der Waals surface area contributed by atoms with Crippen molar-refractivity contribution in [3.63, 3.8) is 0 Å². The van der Waals surface area contributed by atoms with Gasteiger partial charge >= 0.3 is 5.97 Å². The highest BCUT2D eigenvalue weighted by atomic mass is 79.9. The van der Waals surface area contributed by atoms with Crippen molar-refractivity contribution < 1.29 is 14.3 Å². The Bertz CT molecular complexity index is 509. The van der Waals surface area contributed by atoms with E-state index < -0.39 is 12.0 Å². The smallest absolute Gasteiger partial charge is 0.328 e. The molecule has 1 aromatic rings. The Hall–Kier alpha value is -1.36. The maximum atomic E-state index is 12.1. The fraction of sp³-hybridized carbons (Fsp3) is 0.529. The first-order valence-electron chi connectivity index (χ1n) is 7.70. The third kappa shape index (κ3) is 5.13. The molecule has 1 amide bonds. The molecule has 1 saturated carbocycles. The van der Waals surface area contributed by atoms with Crippen LogP contribution in [0.5, 0.6) is 0 Å². The van der Waals surface area contributed by atoms with Gasteiger partial charge in [0.1, 0.15) is 6.04 Å². The van der Waals surface area contributed by atoms with Crippen LogP contribution in [0.4, 0.5) is 0 Å². The summed E-state index contributed by atoms with van der Waals surface area (Å²) < 4.78 is 5.80. The third-order valence-electron chi connectivity index (χ3n) is 4.12. The van der Waals surface area contributed by atoms with Crippen molar-refractivity contribution in [2.24, 2.45) is 5.92 Å². The standard InChI is InChI=1S/C17H22BrNO3/c1-22-17(21)15(10-13-6-8-14(18)9-7-13)19-16(20)11-12-4-2-3-5-12/h6-9,12,15H,2-5,10-11H2,1H3,(H,19,20)/t15-/m0/s1. The Morgan fingerprint density at radius 1 is 1.27 bits per heavy atom. The fourth-order valence-electron chi connectivity index (χ4n) is 2.92. The summed E-state index contributed by atoms with van der Waals surface area (Å²) in [5.41, 5.74) is 0.986. The minimum absolute atomic E-state index is 0.0561. The van der Waals surface area contributed by atoms with E-state index >= 15 is 0 Å². The van der Waals surface area contributed by atoms with Gasteiger partial charge in [-0.2, -0.15) is 0 Å². The highest BCUT2D eigenvalue weighted by Gasteiger charge is 2.24. The highest BCUT2D eigenvalue weighted by molar-refractivity contribution is 9.10. The Morgan fingerprint density at radius 3 is 2.50 bits per heavy atom. The van der Waals surface area contributed by atoms with E-state index in [-0.39, 0.29) is 5.91 Å². The summed E-state index contributed by atoms with van der Waals surface area (Å²) >= 11 is 3.38. The molecule has 1 aromatic carbocycles. The van der Waals surface area contributed by atoms with Crippen LogP contribution in [0.1, 0.15) is 37.7 Å². The van der Waals surface area contributed by atoms with Crippen LogP contribution in [0.15, 0.2) is 28.7 Å². The number of hydrogen-bond acceptors (Lipinski definition) is 3. The monoisotopic (exact) mass is 367 g/mol. The molecule has 1 N–H and O–H groups in total. The van der Waals surface area contributed by atoms with Crippen molar-refractivity contribution in [2.75, 3.05) is 7.11 Å². The normalized spacial score (nSPS) is 16.3. The van der Waals surface area contributed by atoms with Crippen molar-refractivity contribution >= 4 is 27.8 Å². The molecule has 2 rings (SSSR count). The Kier molecular flexibility index (Phi) is 6.43. The maximum Gasteiger partial charge on any atom is 0.328 e. The number of halogens is 1. The number of hydrogen-bond donors (Lipinski definition) is 1. The van der Waals surface area contributed by atoms with Crippen LogP contribution in [0.3, 0.4) is 0 Å². The summed E-state index contributed by atoms with van der Waals surface area (Å²) in [5.74, 6) is 0.00748. The molecule has 0 heterocycles. The van der Waals surface area contributed by atoms with Crippen LogP contribution in [0.25, 0.3) is 0 Å². The van der Waals surface area contributed by atoms with Gasteiger partial charge in [0.05, 0.1) is 7.11 Å². The summed E-state index contributed by atoms with van der Waals surface area (Å²) in [6.45, 7) is 0. The molecule has 120 valence electrons. The Balaban J connectivity index is 1.94. The SMILES string of the molecule is COC(=O)[C@H](Cc1ccc(Br)cc1)NC(=O)CC1CCCC1. The van der Waals surface area contributed by atoms with Crippen molar-refractivity contribution in [1.29, 1.82) is 0 Å². The van der Waals surface area contributed by atoms with Crippen LogP contribution >= 0.6 is 15.9 Å². The molecular weight excluding hydrogens is 346 g/mol. The first-order chi connectivity index (χ1) is 10.6. The molecule has 4 nitrogen and oxygen atoms in total. The van der Waals surface area contributed by atoms with Crippen LogP contribution < -0.4 is 5.32 Å². The third-order valence-corrected chi connectivity index (χ3v) is 4.65. The highest BCUT2D eigenvalue weighted by Crippen LogP contribution is 2.27. The lowest BCUT2D eigenvalue weighted by Gasteiger charge is -2.18. The lowest BCUT2D eigenvalue weighted by atomic mass is 10.0. The summed E-state index contributed by atoms with van der Waals surface area (Å²) in [5, 5.41) is 2.83. The number of amides is 1.